The molecule has 0 spiro atoms. The van der Waals surface area contributed by atoms with Gasteiger partial charge in [-0.05, 0) is 37.7 Å². The van der Waals surface area contributed by atoms with Crippen LogP contribution in [0.15, 0.2) is 6.33 Å². The number of carbonyl (C=O) groups is 2. The number of thiophene rings is 1. The normalized spacial score (nSPS) is 13.7. The number of aryl methyl sites for hydroxylation is 2. The molecule has 0 saturated heterocycles. The lowest BCUT2D eigenvalue weighted by molar-refractivity contribution is 0.219. The molecule has 0 saturated carbocycles. The van der Waals surface area contributed by atoms with Crippen molar-refractivity contribution in [3.05, 3.63) is 16.8 Å². The molecule has 1 aliphatic rings. The monoisotopic (exact) mass is 439 g/mol. The third-order valence-corrected chi connectivity index (χ3v) is 7.14. The van der Waals surface area contributed by atoms with Gasteiger partial charge in [0.25, 0.3) is 0 Å². The van der Waals surface area contributed by atoms with Gasteiger partial charge in [0.2, 0.25) is 10.0 Å². The lowest BCUT2D eigenvalue weighted by Crippen LogP contribution is -2.47. The summed E-state index contributed by atoms with van der Waals surface area (Å²) in [5.41, 5.74) is 1.15. The zero-order valence-electron chi connectivity index (χ0n) is 16.5. The molecule has 0 bridgehead atoms. The second kappa shape index (κ2) is 9.04. The van der Waals surface area contributed by atoms with Crippen LogP contribution < -0.4 is 10.6 Å². The van der Waals surface area contributed by atoms with Crippen LogP contribution in [0.4, 0.5) is 15.4 Å². The molecule has 3 rings (SSSR count). The summed E-state index contributed by atoms with van der Waals surface area (Å²) in [6.07, 6.45) is 8.60. The van der Waals surface area contributed by atoms with E-state index in [2.05, 4.69) is 20.6 Å². The van der Waals surface area contributed by atoms with Gasteiger partial charge in [-0.3, -0.25) is 10.6 Å². The van der Waals surface area contributed by atoms with E-state index in [0.717, 1.165) is 60.6 Å². The summed E-state index contributed by atoms with van der Waals surface area (Å²) in [4.78, 5) is 35.3. The van der Waals surface area contributed by atoms with E-state index in [1.165, 1.54) is 11.2 Å². The Bertz CT molecular complexity index is 1020. The van der Waals surface area contributed by atoms with Gasteiger partial charge in [0, 0.05) is 11.4 Å². The van der Waals surface area contributed by atoms with Crippen LogP contribution >= 0.6 is 11.3 Å². The highest BCUT2D eigenvalue weighted by atomic mass is 32.2. The first kappa shape index (κ1) is 21.4. The Morgan fingerprint density at radius 3 is 2.69 bits per heavy atom. The van der Waals surface area contributed by atoms with Crippen molar-refractivity contribution in [3.8, 4) is 0 Å². The van der Waals surface area contributed by atoms with Gasteiger partial charge < -0.3 is 0 Å². The minimum Gasteiger partial charge on any atom is -0.291 e. The van der Waals surface area contributed by atoms with Crippen LogP contribution in [0, 0.1) is 0 Å². The van der Waals surface area contributed by atoms with Crippen molar-refractivity contribution in [2.24, 2.45) is 0 Å². The molecule has 2 aromatic heterocycles. The van der Waals surface area contributed by atoms with Crippen LogP contribution in [0.5, 0.6) is 0 Å². The highest BCUT2D eigenvalue weighted by Crippen LogP contribution is 2.38. The van der Waals surface area contributed by atoms with Crippen LogP contribution in [0.25, 0.3) is 10.2 Å². The van der Waals surface area contributed by atoms with Crippen molar-refractivity contribution >= 4 is 49.5 Å². The Morgan fingerprint density at radius 1 is 1.21 bits per heavy atom. The fourth-order valence-electron chi connectivity index (χ4n) is 3.41. The molecule has 4 amide bonds. The highest BCUT2D eigenvalue weighted by molar-refractivity contribution is 7.88. The van der Waals surface area contributed by atoms with Crippen LogP contribution in [0.2, 0.25) is 0 Å². The Hall–Kier alpha value is -2.27. The van der Waals surface area contributed by atoms with E-state index in [-0.39, 0.29) is 6.54 Å². The topological polar surface area (TPSA) is 121 Å². The lowest BCUT2D eigenvalue weighted by Gasteiger charge is -2.20. The Morgan fingerprint density at radius 2 is 1.97 bits per heavy atom. The zero-order valence-corrected chi connectivity index (χ0v) is 18.2. The van der Waals surface area contributed by atoms with Gasteiger partial charge in [-0.15, -0.1) is 11.3 Å². The maximum Gasteiger partial charge on any atom is 0.339 e. The average Bonchev–Trinajstić information content (AvgIpc) is 3.03. The first-order valence-corrected chi connectivity index (χ1v) is 12.3. The van der Waals surface area contributed by atoms with Crippen LogP contribution in [0.1, 0.15) is 49.5 Å². The second-order valence-electron chi connectivity index (χ2n) is 7.04. The maximum atomic E-state index is 12.4. The Kier molecular flexibility index (Phi) is 6.68. The van der Waals surface area contributed by atoms with E-state index >= 15 is 0 Å². The molecule has 0 radical (unpaired) electrons. The van der Waals surface area contributed by atoms with Gasteiger partial charge in [-0.25, -0.2) is 32.3 Å². The zero-order chi connectivity index (χ0) is 21.0. The molecule has 2 N–H and O–H groups in total. The minimum atomic E-state index is -3.78. The first-order chi connectivity index (χ1) is 13.8. The van der Waals surface area contributed by atoms with Crippen LogP contribution in [-0.4, -0.2) is 47.6 Å². The third-order valence-electron chi connectivity index (χ3n) is 4.80. The predicted molar refractivity (Wildman–Crippen MR) is 113 cm³/mol. The Labute approximate surface area is 174 Å². The first-order valence-electron chi connectivity index (χ1n) is 9.66. The molecule has 9 nitrogen and oxygen atoms in total. The summed E-state index contributed by atoms with van der Waals surface area (Å²) in [5, 5.41) is 5.49. The summed E-state index contributed by atoms with van der Waals surface area (Å²) in [6, 6.07) is -1.80. The number of aromatic nitrogens is 2. The highest BCUT2D eigenvalue weighted by Gasteiger charge is 2.25. The number of nitrogens with one attached hydrogen (secondary N) is 2. The lowest BCUT2D eigenvalue weighted by atomic mass is 9.97. The summed E-state index contributed by atoms with van der Waals surface area (Å²) < 4.78 is 24.5. The van der Waals surface area contributed by atoms with E-state index in [1.807, 2.05) is 6.92 Å². The van der Waals surface area contributed by atoms with Gasteiger partial charge in [-0.2, -0.15) is 0 Å². The molecule has 29 heavy (non-hydrogen) atoms. The fourth-order valence-corrected chi connectivity index (χ4v) is 5.44. The molecular weight excluding hydrogens is 414 g/mol. The summed E-state index contributed by atoms with van der Waals surface area (Å²) in [7, 11) is -3.78. The molecule has 11 heteroatoms. The molecule has 0 aromatic carbocycles. The average molecular weight is 440 g/mol. The minimum absolute atomic E-state index is 0.0293. The molecule has 0 unspecified atom stereocenters. The van der Waals surface area contributed by atoms with Crippen molar-refractivity contribution in [1.82, 2.24) is 19.6 Å². The largest absolute Gasteiger partial charge is 0.339 e. The molecule has 0 atom stereocenters. The number of amides is 4. The summed E-state index contributed by atoms with van der Waals surface area (Å²) >= 11 is 1.60. The number of sulfonamides is 1. The van der Waals surface area contributed by atoms with Crippen molar-refractivity contribution in [2.45, 2.75) is 51.9 Å². The molecule has 0 fully saturated rings. The van der Waals surface area contributed by atoms with E-state index in [1.54, 1.807) is 11.3 Å². The second-order valence-corrected chi connectivity index (χ2v) is 10.0. The van der Waals surface area contributed by atoms with E-state index < -0.39 is 22.1 Å². The van der Waals surface area contributed by atoms with Gasteiger partial charge in [0.05, 0.1) is 11.6 Å². The van der Waals surface area contributed by atoms with Crippen molar-refractivity contribution < 1.29 is 18.0 Å². The number of imide groups is 1. The number of carbonyl (C=O) groups excluding carboxylic acids is 2. The van der Waals surface area contributed by atoms with Gasteiger partial charge in [0.15, 0.2) is 0 Å². The number of unbranched alkanes of at least 4 members (excludes halogenated alkanes) is 2. The van der Waals surface area contributed by atoms with E-state index in [0.29, 0.717) is 16.5 Å². The van der Waals surface area contributed by atoms with Gasteiger partial charge in [0.1, 0.15) is 17.0 Å². The fraction of sp³-hybridized carbons (Fsp3) is 0.556. The quantitative estimate of drug-likeness (QED) is 0.666. The maximum absolute atomic E-state index is 12.4. The molecule has 2 aromatic rings. The number of rotatable bonds is 6. The summed E-state index contributed by atoms with van der Waals surface area (Å²) in [6.45, 7) is 2.01. The number of urea groups is 2. The molecular formula is C18H25N5O4S2. The molecule has 0 aliphatic heterocycles. The van der Waals surface area contributed by atoms with Crippen molar-refractivity contribution in [3.63, 3.8) is 0 Å². The SMILES string of the molecule is CCCCCN(C(=O)NC(=O)Nc1ncnc2sc3c(c12)CCCC3)S(C)(=O)=O. The molecule has 158 valence electrons. The number of fused-ring (bicyclic) bond motifs is 3. The Balaban J connectivity index is 1.75. The van der Waals surface area contributed by atoms with Crippen LogP contribution in [-0.2, 0) is 22.9 Å². The smallest absolute Gasteiger partial charge is 0.291 e. The van der Waals surface area contributed by atoms with Gasteiger partial charge in [-0.1, -0.05) is 19.8 Å². The van der Waals surface area contributed by atoms with Crippen molar-refractivity contribution in [1.29, 1.82) is 0 Å². The number of hydrogen-bond donors (Lipinski definition) is 2. The predicted octanol–water partition coefficient (Wildman–Crippen LogP) is 3.26. The van der Waals surface area contributed by atoms with E-state index in [9.17, 15) is 18.0 Å². The molecule has 1 aliphatic carbocycles. The number of anilines is 1. The third kappa shape index (κ3) is 5.02. The van der Waals surface area contributed by atoms with E-state index in [4.69, 9.17) is 0 Å². The van der Waals surface area contributed by atoms with Gasteiger partial charge >= 0.3 is 12.1 Å². The van der Waals surface area contributed by atoms with Crippen LogP contribution in [0.3, 0.4) is 0 Å². The number of hydrogen-bond acceptors (Lipinski definition) is 7. The standard InChI is InChI=1S/C18H25N5O4S2/c1-3-4-7-10-23(29(2,26)27)18(25)22-17(24)21-15-14-12-8-5-6-9-13(12)28-16(14)20-11-19-15/h11H,3-10H2,1-2H3,(H2,19,20,21,22,24,25). The number of nitrogens with zero attached hydrogens (tertiary/aromatic N) is 3. The van der Waals surface area contributed by atoms with Crippen molar-refractivity contribution in [2.75, 3.05) is 18.1 Å². The molecule has 2 heterocycles. The summed E-state index contributed by atoms with van der Waals surface area (Å²) in [5.74, 6) is 0.330.